The van der Waals surface area contributed by atoms with Gasteiger partial charge in [-0.1, -0.05) is 12.1 Å². The molecule has 3 heterocycles. The molecule has 4 rings (SSSR count). The molecule has 1 aromatic carbocycles. The van der Waals surface area contributed by atoms with Gasteiger partial charge in [0, 0.05) is 32.8 Å². The average Bonchev–Trinajstić information content (AvgIpc) is 2.67. The van der Waals surface area contributed by atoms with Crippen molar-refractivity contribution in [3.05, 3.63) is 35.6 Å². The normalized spacial score (nSPS) is 25.4. The van der Waals surface area contributed by atoms with Crippen LogP contribution in [-0.2, 0) is 25.4 Å². The summed E-state index contributed by atoms with van der Waals surface area (Å²) in [7, 11) is 0. The number of hydrogen-bond donors (Lipinski definition) is 0. The van der Waals surface area contributed by atoms with E-state index in [-0.39, 0.29) is 23.4 Å². The van der Waals surface area contributed by atoms with Crippen molar-refractivity contribution in [1.29, 1.82) is 0 Å². The number of carbonyl (C=O) groups is 1. The Morgan fingerprint density at radius 3 is 2.63 bits per heavy atom. The summed E-state index contributed by atoms with van der Waals surface area (Å²) in [5, 5.41) is 0. The highest BCUT2D eigenvalue weighted by molar-refractivity contribution is 5.80. The third-order valence-electron chi connectivity index (χ3n) is 5.94. The molecule has 1 spiro atoms. The molecule has 3 aliphatic heterocycles. The zero-order chi connectivity index (χ0) is 18.7. The Balaban J connectivity index is 1.23. The van der Waals surface area contributed by atoms with Crippen LogP contribution >= 0.6 is 0 Å². The lowest BCUT2D eigenvalue weighted by Crippen LogP contribution is -2.67. The van der Waals surface area contributed by atoms with Gasteiger partial charge >= 0.3 is 0 Å². The molecule has 27 heavy (non-hydrogen) atoms. The lowest BCUT2D eigenvalue weighted by atomic mass is 9.84. The molecule has 3 fully saturated rings. The number of rotatable bonds is 5. The maximum atomic E-state index is 13.0. The van der Waals surface area contributed by atoms with E-state index < -0.39 is 0 Å². The van der Waals surface area contributed by atoms with Crippen LogP contribution < -0.4 is 0 Å². The first-order valence-electron chi connectivity index (χ1n) is 9.97. The van der Waals surface area contributed by atoms with Gasteiger partial charge in [-0.15, -0.1) is 0 Å². The Kier molecular flexibility index (Phi) is 5.76. The molecule has 0 N–H and O–H groups in total. The van der Waals surface area contributed by atoms with Crippen LogP contribution in [0.4, 0.5) is 4.39 Å². The molecule has 6 heteroatoms. The summed E-state index contributed by atoms with van der Waals surface area (Å²) in [5.41, 5.74) is 0.599. The minimum Gasteiger partial charge on any atom is -0.381 e. The summed E-state index contributed by atoms with van der Waals surface area (Å²) < 4.78 is 30.6. The van der Waals surface area contributed by atoms with Crippen molar-refractivity contribution in [2.75, 3.05) is 39.5 Å². The van der Waals surface area contributed by atoms with Crippen molar-refractivity contribution in [3.8, 4) is 0 Å². The molecule has 0 radical (unpaired) electrons. The number of ether oxygens (including phenoxy) is 3. The summed E-state index contributed by atoms with van der Waals surface area (Å²) in [6.45, 7) is 4.44. The Bertz CT molecular complexity index is 638. The number of carbonyl (C=O) groups excluding carboxylic acids is 1. The minimum absolute atomic E-state index is 0.0704. The molecule has 0 bridgehead atoms. The van der Waals surface area contributed by atoms with Gasteiger partial charge in [-0.2, -0.15) is 0 Å². The third kappa shape index (κ3) is 4.68. The van der Waals surface area contributed by atoms with Gasteiger partial charge in [0.25, 0.3) is 0 Å². The first-order chi connectivity index (χ1) is 13.1. The summed E-state index contributed by atoms with van der Waals surface area (Å²) in [5.74, 6) is 0.394. The molecule has 1 aromatic rings. The van der Waals surface area contributed by atoms with Crippen molar-refractivity contribution in [2.24, 2.45) is 5.92 Å². The van der Waals surface area contributed by atoms with E-state index in [0.29, 0.717) is 32.0 Å². The molecule has 1 amide bonds. The average molecular weight is 377 g/mol. The molecule has 1 atom stereocenters. The predicted molar refractivity (Wildman–Crippen MR) is 97.9 cm³/mol. The van der Waals surface area contributed by atoms with Crippen molar-refractivity contribution in [1.82, 2.24) is 4.90 Å². The van der Waals surface area contributed by atoms with Crippen LogP contribution in [0.15, 0.2) is 24.3 Å². The quantitative estimate of drug-likeness (QED) is 0.791. The largest absolute Gasteiger partial charge is 0.381 e. The van der Waals surface area contributed by atoms with E-state index in [1.807, 2.05) is 4.90 Å². The van der Waals surface area contributed by atoms with Crippen LogP contribution in [0.25, 0.3) is 0 Å². The highest BCUT2D eigenvalue weighted by Crippen LogP contribution is 2.36. The molecule has 148 valence electrons. The van der Waals surface area contributed by atoms with Crippen LogP contribution in [0, 0.1) is 11.7 Å². The monoisotopic (exact) mass is 377 g/mol. The van der Waals surface area contributed by atoms with Crippen molar-refractivity contribution in [3.63, 3.8) is 0 Å². The van der Waals surface area contributed by atoms with Crippen LogP contribution in [0.5, 0.6) is 0 Å². The van der Waals surface area contributed by atoms with Gasteiger partial charge < -0.3 is 19.1 Å². The van der Waals surface area contributed by atoms with Crippen LogP contribution in [0.3, 0.4) is 0 Å². The van der Waals surface area contributed by atoms with Crippen LogP contribution in [0.2, 0.25) is 0 Å². The Hall–Kier alpha value is -1.50. The standard InChI is InChI=1S/C21H28FNO4/c22-18-3-1-16(2-4-18)11-20(24)23-14-21(15-23)12-19(7-10-27-21)26-13-17-5-8-25-9-6-17/h1-4,17,19H,5-15H2/t19-/m1/s1. The zero-order valence-electron chi connectivity index (χ0n) is 15.7. The maximum Gasteiger partial charge on any atom is 0.227 e. The van der Waals surface area contributed by atoms with Gasteiger partial charge in [0.1, 0.15) is 11.4 Å². The lowest BCUT2D eigenvalue weighted by Gasteiger charge is -2.53. The molecular weight excluding hydrogens is 349 g/mol. The van der Waals surface area contributed by atoms with E-state index in [2.05, 4.69) is 0 Å². The topological polar surface area (TPSA) is 48.0 Å². The highest BCUT2D eigenvalue weighted by Gasteiger charge is 2.49. The molecule has 0 unspecified atom stereocenters. The first-order valence-corrected chi connectivity index (χ1v) is 9.97. The second-order valence-electron chi connectivity index (χ2n) is 8.09. The van der Waals surface area contributed by atoms with Crippen LogP contribution in [-0.4, -0.2) is 62.0 Å². The van der Waals surface area contributed by atoms with Gasteiger partial charge in [0.15, 0.2) is 0 Å². The molecule has 3 aliphatic rings. The summed E-state index contributed by atoms with van der Waals surface area (Å²) in [4.78, 5) is 14.3. The first kappa shape index (κ1) is 18.8. The van der Waals surface area contributed by atoms with E-state index in [0.717, 1.165) is 51.1 Å². The Morgan fingerprint density at radius 2 is 1.89 bits per heavy atom. The molecule has 3 saturated heterocycles. The van der Waals surface area contributed by atoms with Crippen molar-refractivity contribution in [2.45, 2.75) is 43.8 Å². The second kappa shape index (κ2) is 8.25. The third-order valence-corrected chi connectivity index (χ3v) is 5.94. The van der Waals surface area contributed by atoms with Gasteiger partial charge in [0.2, 0.25) is 5.91 Å². The molecule has 5 nitrogen and oxygen atoms in total. The Morgan fingerprint density at radius 1 is 1.15 bits per heavy atom. The van der Waals surface area contributed by atoms with E-state index in [1.165, 1.54) is 12.1 Å². The summed E-state index contributed by atoms with van der Waals surface area (Å²) in [6, 6.07) is 6.12. The molecular formula is C21H28FNO4. The van der Waals surface area contributed by atoms with Gasteiger partial charge in [0.05, 0.1) is 25.6 Å². The molecule has 0 aliphatic carbocycles. The smallest absolute Gasteiger partial charge is 0.227 e. The van der Waals surface area contributed by atoms with E-state index in [9.17, 15) is 9.18 Å². The number of amides is 1. The SMILES string of the molecule is O=C(Cc1ccc(F)cc1)N1CC2(C[C@H](OCC3CCOCC3)CCO2)C1. The van der Waals surface area contributed by atoms with E-state index >= 15 is 0 Å². The number of hydrogen-bond acceptors (Lipinski definition) is 4. The van der Waals surface area contributed by atoms with Gasteiger partial charge in [-0.3, -0.25) is 4.79 Å². The van der Waals surface area contributed by atoms with Gasteiger partial charge in [-0.05, 0) is 42.9 Å². The fourth-order valence-corrected chi connectivity index (χ4v) is 4.25. The summed E-state index contributed by atoms with van der Waals surface area (Å²) in [6.07, 6.45) is 4.47. The minimum atomic E-state index is -0.281. The fraction of sp³-hybridized carbons (Fsp3) is 0.667. The second-order valence-corrected chi connectivity index (χ2v) is 8.09. The molecule has 0 saturated carbocycles. The summed E-state index contributed by atoms with van der Waals surface area (Å²) >= 11 is 0. The van der Waals surface area contributed by atoms with Gasteiger partial charge in [-0.25, -0.2) is 4.39 Å². The highest BCUT2D eigenvalue weighted by atomic mass is 19.1. The van der Waals surface area contributed by atoms with E-state index in [4.69, 9.17) is 14.2 Å². The zero-order valence-corrected chi connectivity index (χ0v) is 15.7. The van der Waals surface area contributed by atoms with Crippen molar-refractivity contribution >= 4 is 5.91 Å². The predicted octanol–water partition coefficient (Wildman–Crippen LogP) is 2.57. The number of benzene rings is 1. The van der Waals surface area contributed by atoms with E-state index in [1.54, 1.807) is 12.1 Å². The molecule has 0 aromatic heterocycles. The fourth-order valence-electron chi connectivity index (χ4n) is 4.25. The number of nitrogens with zero attached hydrogens (tertiary/aromatic N) is 1. The maximum absolute atomic E-state index is 13.0. The lowest BCUT2D eigenvalue weighted by molar-refractivity contribution is -0.202. The number of halogens is 1. The van der Waals surface area contributed by atoms with Crippen molar-refractivity contribution < 1.29 is 23.4 Å². The Labute approximate surface area is 159 Å². The number of likely N-dealkylation sites (tertiary alicyclic amines) is 1. The van der Waals surface area contributed by atoms with Crippen LogP contribution in [0.1, 0.15) is 31.2 Å².